The number of fused-ring (bicyclic) bond motifs is 1. The maximum atomic E-state index is 12.4. The summed E-state index contributed by atoms with van der Waals surface area (Å²) < 4.78 is 0. The van der Waals surface area contributed by atoms with Gasteiger partial charge in [-0.3, -0.25) is 14.8 Å². The maximum absolute atomic E-state index is 12.4. The zero-order valence-electron chi connectivity index (χ0n) is 16.7. The molecule has 1 heterocycles. The molecular formula is C25H17N3O4. The van der Waals surface area contributed by atoms with Gasteiger partial charge in [-0.15, -0.1) is 0 Å². The van der Waals surface area contributed by atoms with Crippen LogP contribution in [0.1, 0.15) is 21.5 Å². The van der Waals surface area contributed by atoms with Gasteiger partial charge in [-0.05, 0) is 53.1 Å². The summed E-state index contributed by atoms with van der Waals surface area (Å²) >= 11 is 0. The van der Waals surface area contributed by atoms with Gasteiger partial charge in [0.2, 0.25) is 5.88 Å². The minimum absolute atomic E-state index is 0.151. The van der Waals surface area contributed by atoms with Crippen molar-refractivity contribution in [3.05, 3.63) is 93.8 Å². The number of benzene rings is 3. The van der Waals surface area contributed by atoms with Gasteiger partial charge in [0.25, 0.3) is 5.56 Å². The minimum Gasteiger partial charge on any atom is -0.494 e. The molecule has 0 radical (unpaired) electrons. The Morgan fingerprint density at radius 1 is 1.03 bits per heavy atom. The number of aromatic nitrogens is 1. The summed E-state index contributed by atoms with van der Waals surface area (Å²) in [5.41, 5.74) is 2.90. The van der Waals surface area contributed by atoms with E-state index in [0.717, 1.165) is 5.56 Å². The lowest BCUT2D eigenvalue weighted by Crippen LogP contribution is -2.08. The van der Waals surface area contributed by atoms with Gasteiger partial charge in [0.05, 0.1) is 29.3 Å². The number of aromatic hydroxyl groups is 1. The minimum atomic E-state index is -1.03. The number of carbonyl (C=O) groups is 1. The lowest BCUT2D eigenvalue weighted by molar-refractivity contribution is 0.0697. The highest BCUT2D eigenvalue weighted by Gasteiger charge is 2.12. The molecule has 7 nitrogen and oxygen atoms in total. The third-order valence-electron chi connectivity index (χ3n) is 5.05. The fourth-order valence-corrected chi connectivity index (χ4v) is 3.41. The molecule has 0 amide bonds. The Bertz CT molecular complexity index is 1460. The van der Waals surface area contributed by atoms with E-state index < -0.39 is 11.5 Å². The smallest absolute Gasteiger partial charge is 0.335 e. The largest absolute Gasteiger partial charge is 0.494 e. The van der Waals surface area contributed by atoms with Crippen LogP contribution in [0, 0.1) is 11.3 Å². The van der Waals surface area contributed by atoms with Gasteiger partial charge in [-0.25, -0.2) is 4.79 Å². The molecule has 0 unspecified atom stereocenters. The van der Waals surface area contributed by atoms with E-state index in [2.05, 4.69) is 16.0 Å². The van der Waals surface area contributed by atoms with Crippen LogP contribution in [0.4, 0.5) is 5.69 Å². The van der Waals surface area contributed by atoms with Crippen LogP contribution < -0.4 is 5.56 Å². The molecule has 3 aromatic carbocycles. The van der Waals surface area contributed by atoms with Gasteiger partial charge in [0, 0.05) is 17.0 Å². The van der Waals surface area contributed by atoms with Crippen LogP contribution in [0.25, 0.3) is 21.9 Å². The molecule has 0 bridgehead atoms. The molecule has 7 heteroatoms. The molecule has 4 aromatic rings. The molecule has 3 N–H and O–H groups in total. The summed E-state index contributed by atoms with van der Waals surface area (Å²) in [5, 5.41) is 29.3. The van der Waals surface area contributed by atoms with E-state index in [-0.39, 0.29) is 11.4 Å². The maximum Gasteiger partial charge on any atom is 0.335 e. The highest BCUT2D eigenvalue weighted by Crippen LogP contribution is 2.28. The second-order valence-electron chi connectivity index (χ2n) is 7.12. The number of carboxylic acid groups (broad SMARTS) is 1. The number of hydrogen-bond donors (Lipinski definition) is 3. The van der Waals surface area contributed by atoms with Gasteiger partial charge in [-0.1, -0.05) is 30.3 Å². The Balaban J connectivity index is 1.81. The highest BCUT2D eigenvalue weighted by atomic mass is 16.4. The number of aliphatic imine (C=N–C) groups is 1. The first-order valence-corrected chi connectivity index (χ1v) is 9.69. The molecule has 0 spiro atoms. The first kappa shape index (κ1) is 20.6. The molecule has 0 saturated heterocycles. The van der Waals surface area contributed by atoms with E-state index in [1.54, 1.807) is 60.7 Å². The molecule has 0 saturated carbocycles. The first-order valence-electron chi connectivity index (χ1n) is 9.69. The summed E-state index contributed by atoms with van der Waals surface area (Å²) in [6.45, 7) is 0. The highest BCUT2D eigenvalue weighted by molar-refractivity contribution is 6.03. The fraction of sp³-hybridized carbons (Fsp3) is 0.0400. The molecule has 0 aliphatic rings. The Hall–Kier alpha value is -4.70. The van der Waals surface area contributed by atoms with E-state index in [1.165, 1.54) is 12.3 Å². The second-order valence-corrected chi connectivity index (χ2v) is 7.12. The monoisotopic (exact) mass is 423 g/mol. The first-order chi connectivity index (χ1) is 15.5. The average Bonchev–Trinajstić information content (AvgIpc) is 2.80. The molecule has 32 heavy (non-hydrogen) atoms. The molecule has 0 fully saturated rings. The normalized spacial score (nSPS) is 11.0. The van der Waals surface area contributed by atoms with E-state index in [4.69, 9.17) is 5.26 Å². The van der Waals surface area contributed by atoms with Crippen molar-refractivity contribution in [1.29, 1.82) is 5.26 Å². The summed E-state index contributed by atoms with van der Waals surface area (Å²) in [6, 6.07) is 20.8. The van der Waals surface area contributed by atoms with E-state index in [0.29, 0.717) is 39.6 Å². The number of aromatic carboxylic acids is 1. The molecule has 0 atom stereocenters. The van der Waals surface area contributed by atoms with Crippen molar-refractivity contribution in [3.8, 4) is 23.1 Å². The number of pyridine rings is 1. The van der Waals surface area contributed by atoms with E-state index >= 15 is 0 Å². The summed E-state index contributed by atoms with van der Waals surface area (Å²) in [6.07, 6.45) is 1.77. The van der Waals surface area contributed by atoms with Crippen molar-refractivity contribution in [1.82, 2.24) is 4.98 Å². The number of nitrogens with zero attached hydrogens (tertiary/aromatic N) is 2. The van der Waals surface area contributed by atoms with Crippen molar-refractivity contribution in [2.75, 3.05) is 0 Å². The van der Waals surface area contributed by atoms with Crippen LogP contribution >= 0.6 is 0 Å². The Labute approximate surface area is 182 Å². The molecular weight excluding hydrogens is 406 g/mol. The van der Waals surface area contributed by atoms with Crippen LogP contribution in [-0.4, -0.2) is 27.4 Å². The third-order valence-corrected chi connectivity index (χ3v) is 5.05. The SMILES string of the molecule is N#CCc1ccc(N=Cc2c(O)[nH]c(=O)c3ccc(-c4cccc(C(=O)O)c4)cc23)cc1. The van der Waals surface area contributed by atoms with Crippen LogP contribution in [0.5, 0.6) is 5.88 Å². The summed E-state index contributed by atoms with van der Waals surface area (Å²) in [4.78, 5) is 30.5. The number of nitrogens with one attached hydrogen (secondary N) is 1. The van der Waals surface area contributed by atoms with Crippen LogP contribution in [-0.2, 0) is 6.42 Å². The number of aromatic amines is 1. The van der Waals surface area contributed by atoms with Gasteiger partial charge in [0.15, 0.2) is 0 Å². The zero-order chi connectivity index (χ0) is 22.7. The van der Waals surface area contributed by atoms with Gasteiger partial charge >= 0.3 is 5.97 Å². The average molecular weight is 423 g/mol. The van der Waals surface area contributed by atoms with E-state index in [1.807, 2.05) is 0 Å². The molecule has 156 valence electrons. The van der Waals surface area contributed by atoms with Crippen LogP contribution in [0.2, 0.25) is 0 Å². The zero-order valence-corrected chi connectivity index (χ0v) is 16.7. The standard InChI is InChI=1S/C25H17N3O4/c26-11-10-15-4-7-19(8-5-15)27-14-22-21-13-17(6-9-20(21)23(29)28-24(22)30)16-2-1-3-18(12-16)25(31)32/h1-9,12-14H,10H2,(H,31,32)(H2,28,29,30). The Kier molecular flexibility index (Phi) is 5.51. The summed E-state index contributed by atoms with van der Waals surface area (Å²) in [7, 11) is 0. The number of nitriles is 1. The molecule has 0 aliphatic carbocycles. The quantitative estimate of drug-likeness (QED) is 0.410. The van der Waals surface area contributed by atoms with Crippen molar-refractivity contribution < 1.29 is 15.0 Å². The third kappa shape index (κ3) is 4.11. The molecule has 0 aliphatic heterocycles. The van der Waals surface area contributed by atoms with Gasteiger partial charge in [-0.2, -0.15) is 5.26 Å². The van der Waals surface area contributed by atoms with Crippen molar-refractivity contribution in [3.63, 3.8) is 0 Å². The van der Waals surface area contributed by atoms with E-state index in [9.17, 15) is 19.8 Å². The van der Waals surface area contributed by atoms with Crippen molar-refractivity contribution >= 4 is 28.6 Å². The van der Waals surface area contributed by atoms with Crippen LogP contribution in [0.15, 0.2) is 76.5 Å². The fourth-order valence-electron chi connectivity index (χ4n) is 3.41. The topological polar surface area (TPSA) is 127 Å². The van der Waals surface area contributed by atoms with Gasteiger partial charge in [0.1, 0.15) is 0 Å². The predicted molar refractivity (Wildman–Crippen MR) is 122 cm³/mol. The van der Waals surface area contributed by atoms with Crippen molar-refractivity contribution in [2.45, 2.75) is 6.42 Å². The number of rotatable bonds is 5. The second kappa shape index (κ2) is 8.58. The lowest BCUT2D eigenvalue weighted by Gasteiger charge is -2.08. The van der Waals surface area contributed by atoms with Gasteiger partial charge < -0.3 is 10.2 Å². The van der Waals surface area contributed by atoms with Crippen molar-refractivity contribution in [2.24, 2.45) is 4.99 Å². The molecule has 4 rings (SSSR count). The summed E-state index contributed by atoms with van der Waals surface area (Å²) in [5.74, 6) is -1.35. The Morgan fingerprint density at radius 2 is 1.78 bits per heavy atom. The number of hydrogen-bond acceptors (Lipinski definition) is 5. The number of H-pyrrole nitrogens is 1. The predicted octanol–water partition coefficient (Wildman–Crippen LogP) is 4.42. The lowest BCUT2D eigenvalue weighted by atomic mass is 9.98. The number of carboxylic acids is 1. The Morgan fingerprint density at radius 3 is 2.50 bits per heavy atom. The molecule has 1 aromatic heterocycles. The van der Waals surface area contributed by atoms with Crippen LogP contribution in [0.3, 0.4) is 0 Å².